The van der Waals surface area contributed by atoms with Crippen molar-refractivity contribution in [2.75, 3.05) is 24.5 Å². The predicted molar refractivity (Wildman–Crippen MR) is 112 cm³/mol. The highest BCUT2D eigenvalue weighted by Crippen LogP contribution is 2.24. The zero-order chi connectivity index (χ0) is 20.1. The van der Waals surface area contributed by atoms with Gasteiger partial charge >= 0.3 is 6.09 Å². The van der Waals surface area contributed by atoms with Gasteiger partial charge in [-0.2, -0.15) is 0 Å². The number of carbonyl (C=O) groups excluding carboxylic acids is 1. The third-order valence-electron chi connectivity index (χ3n) is 4.71. The van der Waals surface area contributed by atoms with E-state index in [1.165, 1.54) is 0 Å². The smallest absolute Gasteiger partial charge is 0.410 e. The van der Waals surface area contributed by atoms with Crippen LogP contribution in [0.3, 0.4) is 0 Å². The molecule has 1 heterocycles. The van der Waals surface area contributed by atoms with Gasteiger partial charge in [-0.3, -0.25) is 0 Å². The number of hydrogen-bond acceptors (Lipinski definition) is 4. The maximum Gasteiger partial charge on any atom is 0.410 e. The lowest BCUT2D eigenvalue weighted by molar-refractivity contribution is 0.0159. The first-order chi connectivity index (χ1) is 13.3. The lowest BCUT2D eigenvalue weighted by atomic mass is 10.1. The maximum absolute atomic E-state index is 12.4. The Labute approximate surface area is 167 Å². The van der Waals surface area contributed by atoms with Gasteiger partial charge in [-0.15, -0.1) is 0 Å². The van der Waals surface area contributed by atoms with Crippen LogP contribution in [0.4, 0.5) is 10.5 Å². The van der Waals surface area contributed by atoms with Gasteiger partial charge in [-0.05, 0) is 57.5 Å². The second-order valence-electron chi connectivity index (χ2n) is 8.24. The quantitative estimate of drug-likeness (QED) is 0.768. The van der Waals surface area contributed by atoms with Gasteiger partial charge in [-0.25, -0.2) is 4.79 Å². The number of ether oxygens (including phenoxy) is 2. The number of rotatable bonds is 4. The Balaban J connectivity index is 1.54. The first-order valence-corrected chi connectivity index (χ1v) is 9.83. The standard InChI is InChI=1S/C23H30N2O3/c1-18-16-24(14-15-25(18)22(26)28-23(2,3)4)20-10-12-21(13-11-20)27-17-19-8-6-5-7-9-19/h5-13,18H,14-17H2,1-4H3/t18-/m0/s1. The summed E-state index contributed by atoms with van der Waals surface area (Å²) in [6.07, 6.45) is -0.232. The molecule has 150 valence electrons. The van der Waals surface area contributed by atoms with E-state index in [4.69, 9.17) is 9.47 Å². The average molecular weight is 383 g/mol. The third-order valence-corrected chi connectivity index (χ3v) is 4.71. The summed E-state index contributed by atoms with van der Waals surface area (Å²) in [5.74, 6) is 0.855. The molecule has 1 fully saturated rings. The van der Waals surface area contributed by atoms with Crippen LogP contribution in [0, 0.1) is 0 Å². The van der Waals surface area contributed by atoms with E-state index >= 15 is 0 Å². The monoisotopic (exact) mass is 382 g/mol. The van der Waals surface area contributed by atoms with Gasteiger partial charge in [0.1, 0.15) is 18.0 Å². The van der Waals surface area contributed by atoms with Crippen molar-refractivity contribution in [1.29, 1.82) is 0 Å². The highest BCUT2D eigenvalue weighted by atomic mass is 16.6. The van der Waals surface area contributed by atoms with Crippen molar-refractivity contribution in [1.82, 2.24) is 4.90 Å². The summed E-state index contributed by atoms with van der Waals surface area (Å²) in [5, 5.41) is 0. The summed E-state index contributed by atoms with van der Waals surface area (Å²) in [6.45, 7) is 10.5. The lowest BCUT2D eigenvalue weighted by Crippen LogP contribution is -2.55. The number of benzene rings is 2. The number of piperazine rings is 1. The van der Waals surface area contributed by atoms with Gasteiger partial charge in [0.05, 0.1) is 0 Å². The molecule has 1 aliphatic heterocycles. The first kappa shape index (κ1) is 20.1. The summed E-state index contributed by atoms with van der Waals surface area (Å²) in [4.78, 5) is 16.5. The minimum Gasteiger partial charge on any atom is -0.489 e. The highest BCUT2D eigenvalue weighted by Gasteiger charge is 2.30. The second kappa shape index (κ2) is 8.55. The summed E-state index contributed by atoms with van der Waals surface area (Å²) in [5.41, 5.74) is 1.82. The van der Waals surface area contributed by atoms with Gasteiger partial charge in [0.15, 0.2) is 0 Å². The van der Waals surface area contributed by atoms with Crippen LogP contribution in [0.25, 0.3) is 0 Å². The van der Waals surface area contributed by atoms with Gasteiger partial charge < -0.3 is 19.3 Å². The van der Waals surface area contributed by atoms with E-state index in [2.05, 4.69) is 36.1 Å². The van der Waals surface area contributed by atoms with Crippen LogP contribution in [0.1, 0.15) is 33.3 Å². The number of hydrogen-bond donors (Lipinski definition) is 0. The maximum atomic E-state index is 12.4. The summed E-state index contributed by atoms with van der Waals surface area (Å²) < 4.78 is 11.4. The normalized spacial score (nSPS) is 17.4. The van der Waals surface area contributed by atoms with Crippen molar-refractivity contribution in [3.05, 3.63) is 60.2 Å². The van der Waals surface area contributed by atoms with Crippen LogP contribution >= 0.6 is 0 Å². The minimum atomic E-state index is -0.469. The van der Waals surface area contributed by atoms with E-state index in [0.29, 0.717) is 13.2 Å². The van der Waals surface area contributed by atoms with Gasteiger partial charge in [0.25, 0.3) is 0 Å². The average Bonchev–Trinajstić information content (AvgIpc) is 2.66. The Kier molecular flexibility index (Phi) is 6.12. The molecule has 1 atom stereocenters. The fourth-order valence-corrected chi connectivity index (χ4v) is 3.28. The van der Waals surface area contributed by atoms with Crippen LogP contribution in [0.15, 0.2) is 54.6 Å². The molecule has 0 aliphatic carbocycles. The van der Waals surface area contributed by atoms with Crippen LogP contribution in [0.5, 0.6) is 5.75 Å². The molecule has 0 spiro atoms. The van der Waals surface area contributed by atoms with Gasteiger partial charge in [-0.1, -0.05) is 30.3 Å². The molecule has 0 radical (unpaired) electrons. The van der Waals surface area contributed by atoms with E-state index < -0.39 is 5.60 Å². The Morgan fingerprint density at radius 2 is 1.71 bits per heavy atom. The molecular formula is C23H30N2O3. The first-order valence-electron chi connectivity index (χ1n) is 9.83. The lowest BCUT2D eigenvalue weighted by Gasteiger charge is -2.41. The SMILES string of the molecule is C[C@H]1CN(c2ccc(OCc3ccccc3)cc2)CCN1C(=O)OC(C)(C)C. The zero-order valence-corrected chi connectivity index (χ0v) is 17.2. The number of amides is 1. The molecule has 1 amide bonds. The molecular weight excluding hydrogens is 352 g/mol. The van der Waals surface area contributed by atoms with Crippen molar-refractivity contribution < 1.29 is 14.3 Å². The molecule has 5 heteroatoms. The van der Waals surface area contributed by atoms with Crippen molar-refractivity contribution in [2.24, 2.45) is 0 Å². The van der Waals surface area contributed by atoms with Crippen LogP contribution < -0.4 is 9.64 Å². The number of anilines is 1. The third kappa shape index (κ3) is 5.41. The van der Waals surface area contributed by atoms with Gasteiger partial charge in [0, 0.05) is 31.4 Å². The Hall–Kier alpha value is -2.69. The molecule has 0 bridgehead atoms. The van der Waals surface area contributed by atoms with Crippen LogP contribution in [-0.4, -0.2) is 42.3 Å². The van der Waals surface area contributed by atoms with E-state index in [0.717, 1.165) is 30.1 Å². The number of nitrogens with zero attached hydrogens (tertiary/aromatic N) is 2. The largest absolute Gasteiger partial charge is 0.489 e. The fourth-order valence-electron chi connectivity index (χ4n) is 3.28. The van der Waals surface area contributed by atoms with E-state index in [1.807, 2.05) is 56.0 Å². The Morgan fingerprint density at radius 1 is 1.04 bits per heavy atom. The molecule has 0 aromatic heterocycles. The molecule has 0 unspecified atom stereocenters. The van der Waals surface area contributed by atoms with Crippen LogP contribution in [-0.2, 0) is 11.3 Å². The fraction of sp³-hybridized carbons (Fsp3) is 0.435. The Bertz CT molecular complexity index is 769. The predicted octanol–water partition coefficient (Wildman–Crippen LogP) is 4.71. The van der Waals surface area contributed by atoms with Gasteiger partial charge in [0.2, 0.25) is 0 Å². The molecule has 2 aromatic carbocycles. The van der Waals surface area contributed by atoms with E-state index in [1.54, 1.807) is 0 Å². The Morgan fingerprint density at radius 3 is 2.32 bits per heavy atom. The molecule has 3 rings (SSSR count). The zero-order valence-electron chi connectivity index (χ0n) is 17.2. The number of carbonyl (C=O) groups is 1. The molecule has 1 saturated heterocycles. The van der Waals surface area contributed by atoms with Crippen molar-refractivity contribution in [2.45, 2.75) is 45.9 Å². The highest BCUT2D eigenvalue weighted by molar-refractivity contribution is 5.69. The van der Waals surface area contributed by atoms with Crippen LogP contribution in [0.2, 0.25) is 0 Å². The summed E-state index contributed by atoms with van der Waals surface area (Å²) in [7, 11) is 0. The molecule has 1 aliphatic rings. The summed E-state index contributed by atoms with van der Waals surface area (Å²) in [6, 6.07) is 18.4. The molecule has 5 nitrogen and oxygen atoms in total. The minimum absolute atomic E-state index is 0.0950. The van der Waals surface area contributed by atoms with Crippen molar-refractivity contribution >= 4 is 11.8 Å². The van der Waals surface area contributed by atoms with Crippen molar-refractivity contribution in [3.8, 4) is 5.75 Å². The summed E-state index contributed by atoms with van der Waals surface area (Å²) >= 11 is 0. The second-order valence-corrected chi connectivity index (χ2v) is 8.24. The van der Waals surface area contributed by atoms with E-state index in [-0.39, 0.29) is 12.1 Å². The van der Waals surface area contributed by atoms with Crippen molar-refractivity contribution in [3.63, 3.8) is 0 Å². The molecule has 28 heavy (non-hydrogen) atoms. The topological polar surface area (TPSA) is 42.0 Å². The molecule has 2 aromatic rings. The molecule has 0 saturated carbocycles. The molecule has 0 N–H and O–H groups in total. The van der Waals surface area contributed by atoms with E-state index in [9.17, 15) is 4.79 Å².